The zero-order valence-electron chi connectivity index (χ0n) is 11.8. The molecule has 21 heavy (non-hydrogen) atoms. The molecule has 0 aliphatic rings. The van der Waals surface area contributed by atoms with Crippen molar-refractivity contribution in [2.45, 2.75) is 37.4 Å². The molecule has 0 aliphatic carbocycles. The summed E-state index contributed by atoms with van der Waals surface area (Å²) >= 11 is 0. The molecule has 1 aromatic carbocycles. The zero-order chi connectivity index (χ0) is 16.3. The highest BCUT2D eigenvalue weighted by molar-refractivity contribution is 7.89. The van der Waals surface area contributed by atoms with Gasteiger partial charge in [0.15, 0.2) is 0 Å². The predicted molar refractivity (Wildman–Crippen MR) is 74.1 cm³/mol. The number of nitrogens with two attached hydrogens (primary N) is 1. The molecule has 0 bridgehead atoms. The summed E-state index contributed by atoms with van der Waals surface area (Å²) in [7, 11) is -3.85. The quantitative estimate of drug-likeness (QED) is 0.844. The van der Waals surface area contributed by atoms with Gasteiger partial charge in [-0.1, -0.05) is 13.8 Å². The van der Waals surface area contributed by atoms with Gasteiger partial charge in [0.2, 0.25) is 10.0 Å². The van der Waals surface area contributed by atoms with Crippen molar-refractivity contribution < 1.29 is 21.6 Å². The largest absolute Gasteiger partial charge is 0.416 e. The van der Waals surface area contributed by atoms with E-state index in [2.05, 4.69) is 4.72 Å². The summed E-state index contributed by atoms with van der Waals surface area (Å²) in [5.41, 5.74) is 4.87. The number of rotatable bonds is 6. The highest BCUT2D eigenvalue weighted by atomic mass is 32.2. The van der Waals surface area contributed by atoms with E-state index >= 15 is 0 Å². The van der Waals surface area contributed by atoms with Crippen molar-refractivity contribution in [3.63, 3.8) is 0 Å². The summed E-state index contributed by atoms with van der Waals surface area (Å²) in [6.07, 6.45) is -3.84. The van der Waals surface area contributed by atoms with Crippen molar-refractivity contribution in [1.29, 1.82) is 0 Å². The maximum Gasteiger partial charge on any atom is 0.416 e. The molecule has 0 saturated carbocycles. The molecule has 0 heterocycles. The molecule has 1 aromatic rings. The standard InChI is InChI=1S/C13H19F3N2O2S/c1-9(2)7-11(17)8-18-21(19,20)12-5-3-10(4-6-12)13(14,15)16/h3-6,9,11,18H,7-8,17H2,1-2H3. The van der Waals surface area contributed by atoms with Crippen LogP contribution in [0.4, 0.5) is 13.2 Å². The van der Waals surface area contributed by atoms with E-state index in [9.17, 15) is 21.6 Å². The van der Waals surface area contributed by atoms with Gasteiger partial charge in [-0.2, -0.15) is 13.2 Å². The summed E-state index contributed by atoms with van der Waals surface area (Å²) in [4.78, 5) is -0.216. The fourth-order valence-corrected chi connectivity index (χ4v) is 2.91. The van der Waals surface area contributed by atoms with E-state index in [1.807, 2.05) is 13.8 Å². The Labute approximate surface area is 122 Å². The van der Waals surface area contributed by atoms with E-state index in [0.29, 0.717) is 12.3 Å². The average molecular weight is 324 g/mol. The SMILES string of the molecule is CC(C)CC(N)CNS(=O)(=O)c1ccc(C(F)(F)F)cc1. The fraction of sp³-hybridized carbons (Fsp3) is 0.538. The van der Waals surface area contributed by atoms with Crippen LogP contribution in [0.15, 0.2) is 29.2 Å². The molecule has 3 N–H and O–H groups in total. The van der Waals surface area contributed by atoms with Crippen LogP contribution in [0.5, 0.6) is 0 Å². The Morgan fingerprint density at radius 2 is 1.71 bits per heavy atom. The van der Waals surface area contributed by atoms with E-state index in [-0.39, 0.29) is 17.5 Å². The van der Waals surface area contributed by atoms with Gasteiger partial charge in [-0.15, -0.1) is 0 Å². The second kappa shape index (κ2) is 6.76. The van der Waals surface area contributed by atoms with Crippen LogP contribution >= 0.6 is 0 Å². The maximum atomic E-state index is 12.4. The molecular formula is C13H19F3N2O2S. The number of hydrogen-bond donors (Lipinski definition) is 2. The van der Waals surface area contributed by atoms with Crippen LogP contribution in [-0.4, -0.2) is 21.0 Å². The van der Waals surface area contributed by atoms with Crippen molar-refractivity contribution in [2.75, 3.05) is 6.54 Å². The van der Waals surface area contributed by atoms with Gasteiger partial charge >= 0.3 is 6.18 Å². The first-order chi connectivity index (χ1) is 9.52. The summed E-state index contributed by atoms with van der Waals surface area (Å²) < 4.78 is 63.4. The second-order valence-electron chi connectivity index (χ2n) is 5.26. The summed E-state index contributed by atoms with van der Waals surface area (Å²) in [6.45, 7) is 3.97. The van der Waals surface area contributed by atoms with Gasteiger partial charge in [-0.05, 0) is 36.6 Å². The third-order valence-corrected chi connectivity index (χ3v) is 4.24. The summed E-state index contributed by atoms with van der Waals surface area (Å²) in [5, 5.41) is 0. The summed E-state index contributed by atoms with van der Waals surface area (Å²) in [6, 6.07) is 3.00. The predicted octanol–water partition coefficient (Wildman–Crippen LogP) is 2.36. The van der Waals surface area contributed by atoms with E-state index in [0.717, 1.165) is 24.3 Å². The van der Waals surface area contributed by atoms with Crippen molar-refractivity contribution in [3.8, 4) is 0 Å². The minimum atomic E-state index is -4.49. The van der Waals surface area contributed by atoms with Crippen LogP contribution in [0.25, 0.3) is 0 Å². The highest BCUT2D eigenvalue weighted by Crippen LogP contribution is 2.29. The molecule has 8 heteroatoms. The molecule has 0 saturated heterocycles. The summed E-state index contributed by atoms with van der Waals surface area (Å²) in [5.74, 6) is 0.329. The Morgan fingerprint density at radius 1 is 1.19 bits per heavy atom. The van der Waals surface area contributed by atoms with E-state index in [4.69, 9.17) is 5.73 Å². The van der Waals surface area contributed by atoms with E-state index in [1.165, 1.54) is 0 Å². The molecule has 1 rings (SSSR count). The lowest BCUT2D eigenvalue weighted by atomic mass is 10.1. The first-order valence-electron chi connectivity index (χ1n) is 6.45. The first-order valence-corrected chi connectivity index (χ1v) is 7.93. The lowest BCUT2D eigenvalue weighted by Crippen LogP contribution is -2.38. The van der Waals surface area contributed by atoms with Crippen molar-refractivity contribution in [3.05, 3.63) is 29.8 Å². The van der Waals surface area contributed by atoms with Gasteiger partial charge in [0.25, 0.3) is 0 Å². The lowest BCUT2D eigenvalue weighted by Gasteiger charge is -2.15. The van der Waals surface area contributed by atoms with Crippen LogP contribution in [-0.2, 0) is 16.2 Å². The minimum absolute atomic E-state index is 0.0432. The number of halogens is 3. The van der Waals surface area contributed by atoms with Crippen LogP contribution in [0, 0.1) is 5.92 Å². The number of alkyl halides is 3. The number of benzene rings is 1. The molecular weight excluding hydrogens is 305 g/mol. The Hall–Kier alpha value is -1.12. The molecule has 0 aliphatic heterocycles. The molecule has 1 unspecified atom stereocenters. The van der Waals surface area contributed by atoms with E-state index in [1.54, 1.807) is 0 Å². The van der Waals surface area contributed by atoms with Gasteiger partial charge in [-0.25, -0.2) is 13.1 Å². The Kier molecular flexibility index (Phi) is 5.77. The molecule has 0 aromatic heterocycles. The average Bonchev–Trinajstić information content (AvgIpc) is 2.35. The highest BCUT2D eigenvalue weighted by Gasteiger charge is 2.30. The maximum absolute atomic E-state index is 12.4. The first kappa shape index (κ1) is 17.9. The molecule has 120 valence electrons. The molecule has 1 atom stereocenters. The van der Waals surface area contributed by atoms with Crippen LogP contribution < -0.4 is 10.5 Å². The van der Waals surface area contributed by atoms with Crippen LogP contribution in [0.1, 0.15) is 25.8 Å². The Bertz CT molecular complexity index is 554. The fourth-order valence-electron chi connectivity index (χ4n) is 1.81. The smallest absolute Gasteiger partial charge is 0.327 e. The van der Waals surface area contributed by atoms with Crippen molar-refractivity contribution >= 4 is 10.0 Å². The second-order valence-corrected chi connectivity index (χ2v) is 7.03. The monoisotopic (exact) mass is 324 g/mol. The van der Waals surface area contributed by atoms with Crippen molar-refractivity contribution in [1.82, 2.24) is 4.72 Å². The van der Waals surface area contributed by atoms with Crippen LogP contribution in [0.2, 0.25) is 0 Å². The van der Waals surface area contributed by atoms with Gasteiger partial charge in [0.1, 0.15) is 0 Å². The number of sulfonamides is 1. The Morgan fingerprint density at radius 3 is 2.14 bits per heavy atom. The lowest BCUT2D eigenvalue weighted by molar-refractivity contribution is -0.137. The van der Waals surface area contributed by atoms with Gasteiger partial charge in [0.05, 0.1) is 10.5 Å². The topological polar surface area (TPSA) is 72.2 Å². The molecule has 0 spiro atoms. The molecule has 4 nitrogen and oxygen atoms in total. The molecule has 0 fully saturated rings. The normalized spacial score (nSPS) is 14.4. The molecule has 0 radical (unpaired) electrons. The minimum Gasteiger partial charge on any atom is -0.327 e. The third kappa shape index (κ3) is 5.64. The van der Waals surface area contributed by atoms with Gasteiger partial charge in [0, 0.05) is 12.6 Å². The third-order valence-electron chi connectivity index (χ3n) is 2.80. The zero-order valence-corrected chi connectivity index (χ0v) is 12.6. The number of hydrogen-bond acceptors (Lipinski definition) is 3. The van der Waals surface area contributed by atoms with Crippen molar-refractivity contribution in [2.24, 2.45) is 11.7 Å². The van der Waals surface area contributed by atoms with Crippen LogP contribution in [0.3, 0.4) is 0 Å². The molecule has 0 amide bonds. The van der Waals surface area contributed by atoms with Gasteiger partial charge in [-0.3, -0.25) is 0 Å². The van der Waals surface area contributed by atoms with Gasteiger partial charge < -0.3 is 5.73 Å². The van der Waals surface area contributed by atoms with E-state index < -0.39 is 21.8 Å². The Balaban J connectivity index is 2.75. The number of nitrogens with one attached hydrogen (secondary N) is 1.